The highest BCUT2D eigenvalue weighted by Gasteiger charge is 2.35. The number of thiocarbonyl (C=S) groups is 1. The van der Waals surface area contributed by atoms with E-state index in [2.05, 4.69) is 12.2 Å². The molecule has 2 N–H and O–H groups in total. The Labute approximate surface area is 114 Å². The van der Waals surface area contributed by atoms with Crippen LogP contribution in [0, 0.1) is 0 Å². The van der Waals surface area contributed by atoms with Crippen LogP contribution < -0.4 is 5.73 Å². The first-order valence-corrected chi connectivity index (χ1v) is 6.82. The first-order chi connectivity index (χ1) is 8.55. The summed E-state index contributed by atoms with van der Waals surface area (Å²) in [5.41, 5.74) is 5.38. The molecular weight excluding hydrogens is 301 g/mol. The normalized spacial score (nSPS) is 12.7. The lowest BCUT2D eigenvalue weighted by atomic mass is 10.2. The second-order valence-corrected chi connectivity index (χ2v) is 6.19. The van der Waals surface area contributed by atoms with Gasteiger partial charge in [0.1, 0.15) is 11.5 Å². The van der Waals surface area contributed by atoms with Gasteiger partial charge in [-0.1, -0.05) is 30.4 Å². The molecule has 0 radical (unpaired) electrons. The first-order valence-electron chi connectivity index (χ1n) is 4.97. The van der Waals surface area contributed by atoms with Crippen molar-refractivity contribution >= 4 is 27.2 Å². The highest BCUT2D eigenvalue weighted by atomic mass is 32.2. The third-order valence-electron chi connectivity index (χ3n) is 2.24. The smallest absolute Gasteiger partial charge is 0.389 e. The molecule has 0 saturated carbocycles. The van der Waals surface area contributed by atoms with E-state index in [1.54, 1.807) is 0 Å². The van der Waals surface area contributed by atoms with Gasteiger partial charge in [0.15, 0.2) is 0 Å². The van der Waals surface area contributed by atoms with E-state index in [0.717, 1.165) is 13.1 Å². The van der Waals surface area contributed by atoms with Crippen LogP contribution >= 0.6 is 12.2 Å². The second kappa shape index (κ2) is 5.43. The molecule has 0 atom stereocenters. The van der Waals surface area contributed by atoms with Crippen molar-refractivity contribution < 1.29 is 21.6 Å². The van der Waals surface area contributed by atoms with E-state index in [1.165, 1.54) is 18.2 Å². The van der Waals surface area contributed by atoms with E-state index in [0.29, 0.717) is 0 Å². The molecule has 0 spiro atoms. The summed E-state index contributed by atoms with van der Waals surface area (Å²) in [5, 5.41) is 0. The Morgan fingerprint density at radius 2 is 1.89 bits per heavy atom. The van der Waals surface area contributed by atoms with Crippen LogP contribution in [-0.2, 0) is 10.0 Å². The number of nitrogens with zero attached hydrogens (tertiary/aromatic N) is 1. The average Bonchev–Trinajstić information content (AvgIpc) is 2.26. The third-order valence-corrected chi connectivity index (χ3v) is 4.32. The molecule has 0 amide bonds. The number of rotatable bonds is 4. The number of alkyl halides is 3. The lowest BCUT2D eigenvalue weighted by Crippen LogP contribution is -2.36. The van der Waals surface area contributed by atoms with E-state index in [-0.39, 0.29) is 19.8 Å². The van der Waals surface area contributed by atoms with Crippen molar-refractivity contribution in [3.8, 4) is 0 Å². The van der Waals surface area contributed by atoms with Gasteiger partial charge in [0.2, 0.25) is 10.0 Å². The number of sulfonamides is 1. The summed E-state index contributed by atoms with van der Waals surface area (Å²) < 4.78 is 61.1. The average molecular weight is 312 g/mol. The molecule has 0 unspecified atom stereocenters. The summed E-state index contributed by atoms with van der Waals surface area (Å²) >= 11 is 4.69. The molecule has 4 nitrogen and oxygen atoms in total. The second-order valence-electron chi connectivity index (χ2n) is 3.74. The van der Waals surface area contributed by atoms with Gasteiger partial charge in [-0.15, -0.1) is 0 Å². The zero-order chi connectivity index (χ0) is 14.8. The minimum atomic E-state index is -4.63. The van der Waals surface area contributed by atoms with Gasteiger partial charge in [-0.2, -0.15) is 17.5 Å². The number of benzene rings is 1. The minimum absolute atomic E-state index is 0.0199. The van der Waals surface area contributed by atoms with Crippen molar-refractivity contribution in [2.45, 2.75) is 11.1 Å². The van der Waals surface area contributed by atoms with Gasteiger partial charge in [0.05, 0.1) is 4.90 Å². The predicted octanol–water partition coefficient (Wildman–Crippen LogP) is 1.50. The van der Waals surface area contributed by atoms with Crippen LogP contribution in [0.2, 0.25) is 0 Å². The molecule has 1 rings (SSSR count). The molecule has 0 aliphatic heterocycles. The van der Waals surface area contributed by atoms with Crippen molar-refractivity contribution in [2.24, 2.45) is 5.73 Å². The van der Waals surface area contributed by atoms with Gasteiger partial charge in [-0.3, -0.25) is 0 Å². The predicted molar refractivity (Wildman–Crippen MR) is 68.2 cm³/mol. The van der Waals surface area contributed by atoms with Crippen LogP contribution in [-0.4, -0.2) is 37.5 Å². The molecule has 0 aliphatic rings. The van der Waals surface area contributed by atoms with Gasteiger partial charge in [-0.25, -0.2) is 8.42 Å². The lowest BCUT2D eigenvalue weighted by Gasteiger charge is -2.20. The summed E-state index contributed by atoms with van der Waals surface area (Å²) in [6.45, 7) is -1.58. The maximum absolute atomic E-state index is 12.3. The molecular formula is C10H11F3N2O2S2. The molecule has 106 valence electrons. The Morgan fingerprint density at radius 1 is 1.37 bits per heavy atom. The summed E-state index contributed by atoms with van der Waals surface area (Å²) in [4.78, 5) is -0.533. The van der Waals surface area contributed by atoms with Gasteiger partial charge in [0.25, 0.3) is 0 Å². The van der Waals surface area contributed by atoms with Gasteiger partial charge in [-0.05, 0) is 6.07 Å². The van der Waals surface area contributed by atoms with Crippen molar-refractivity contribution in [1.29, 1.82) is 0 Å². The molecule has 0 aliphatic carbocycles. The highest BCUT2D eigenvalue weighted by Crippen LogP contribution is 2.23. The maximum atomic E-state index is 12.3. The van der Waals surface area contributed by atoms with Crippen LogP contribution in [0.25, 0.3) is 0 Å². The monoisotopic (exact) mass is 312 g/mol. The van der Waals surface area contributed by atoms with Crippen LogP contribution in [0.4, 0.5) is 13.2 Å². The summed E-state index contributed by atoms with van der Waals surface area (Å²) in [6, 6.07) is 5.39. The highest BCUT2D eigenvalue weighted by molar-refractivity contribution is 7.89. The van der Waals surface area contributed by atoms with Gasteiger partial charge in [0, 0.05) is 12.6 Å². The fraction of sp³-hybridized carbons (Fsp3) is 0.300. The van der Waals surface area contributed by atoms with Crippen LogP contribution in [0.1, 0.15) is 5.56 Å². The van der Waals surface area contributed by atoms with Gasteiger partial charge >= 0.3 is 6.18 Å². The molecule has 0 bridgehead atoms. The third kappa shape index (κ3) is 3.88. The van der Waals surface area contributed by atoms with E-state index in [4.69, 9.17) is 5.73 Å². The first kappa shape index (κ1) is 15.9. The van der Waals surface area contributed by atoms with Crippen LogP contribution in [0.3, 0.4) is 0 Å². The summed E-state index contributed by atoms with van der Waals surface area (Å²) in [7, 11) is -3.46. The Bertz CT molecular complexity index is 585. The van der Waals surface area contributed by atoms with Crippen LogP contribution in [0.15, 0.2) is 29.2 Å². The molecule has 19 heavy (non-hydrogen) atoms. The topological polar surface area (TPSA) is 63.4 Å². The fourth-order valence-corrected chi connectivity index (χ4v) is 3.00. The summed E-state index contributed by atoms with van der Waals surface area (Å²) in [5.74, 6) is 0. The largest absolute Gasteiger partial charge is 0.402 e. The van der Waals surface area contributed by atoms with E-state index in [1.807, 2.05) is 0 Å². The number of nitrogens with two attached hydrogens (primary N) is 1. The number of hydrogen-bond donors (Lipinski definition) is 1. The van der Waals surface area contributed by atoms with E-state index < -0.39 is 22.7 Å². The maximum Gasteiger partial charge on any atom is 0.402 e. The number of hydrogen-bond acceptors (Lipinski definition) is 3. The molecule has 1 aromatic rings. The minimum Gasteiger partial charge on any atom is -0.389 e. The Hall–Kier alpha value is -1.19. The quantitative estimate of drug-likeness (QED) is 0.856. The van der Waals surface area contributed by atoms with Crippen molar-refractivity contribution in [3.63, 3.8) is 0 Å². The zero-order valence-electron chi connectivity index (χ0n) is 9.81. The fourth-order valence-electron chi connectivity index (χ4n) is 1.40. The molecule has 0 saturated heterocycles. The van der Waals surface area contributed by atoms with E-state index in [9.17, 15) is 21.6 Å². The standard InChI is InChI=1S/C10H11F3N2O2S2/c1-15(6-10(11,12)13)19(16,17)8-5-3-2-4-7(8)9(14)18/h2-5H,6H2,1H3,(H2,14,18). The molecule has 0 aromatic heterocycles. The number of halogens is 3. The van der Waals surface area contributed by atoms with Crippen LogP contribution in [0.5, 0.6) is 0 Å². The Morgan fingerprint density at radius 3 is 2.37 bits per heavy atom. The Balaban J connectivity index is 3.25. The van der Waals surface area contributed by atoms with Gasteiger partial charge < -0.3 is 5.73 Å². The van der Waals surface area contributed by atoms with Crippen molar-refractivity contribution in [1.82, 2.24) is 4.31 Å². The zero-order valence-corrected chi connectivity index (χ0v) is 11.4. The lowest BCUT2D eigenvalue weighted by molar-refractivity contribution is -0.134. The molecule has 1 aromatic carbocycles. The molecule has 0 fully saturated rings. The SMILES string of the molecule is CN(CC(F)(F)F)S(=O)(=O)c1ccccc1C(N)=S. The Kier molecular flexibility index (Phi) is 4.54. The molecule has 0 heterocycles. The van der Waals surface area contributed by atoms with Crippen molar-refractivity contribution in [2.75, 3.05) is 13.6 Å². The molecule has 9 heteroatoms. The van der Waals surface area contributed by atoms with E-state index >= 15 is 0 Å². The summed E-state index contributed by atoms with van der Waals surface area (Å²) in [6.07, 6.45) is -4.63. The van der Waals surface area contributed by atoms with Crippen molar-refractivity contribution in [3.05, 3.63) is 29.8 Å².